The molecule has 2 aromatic rings. The van der Waals surface area contributed by atoms with Gasteiger partial charge in [-0.3, -0.25) is 0 Å². The van der Waals surface area contributed by atoms with Crippen LogP contribution in [0.2, 0.25) is 10.0 Å². The van der Waals surface area contributed by atoms with E-state index in [1.807, 2.05) is 0 Å². The molecule has 20 heavy (non-hydrogen) atoms. The van der Waals surface area contributed by atoms with E-state index in [0.717, 1.165) is 5.56 Å². The van der Waals surface area contributed by atoms with Crippen LogP contribution in [0.15, 0.2) is 34.8 Å². The van der Waals surface area contributed by atoms with Crippen LogP contribution >= 0.6 is 39.1 Å². The summed E-state index contributed by atoms with van der Waals surface area (Å²) < 4.78 is 20.0. The summed E-state index contributed by atoms with van der Waals surface area (Å²) in [5.74, 6) is -0.0811. The van der Waals surface area contributed by atoms with Gasteiger partial charge in [0.25, 0.3) is 0 Å². The molecule has 0 aromatic heterocycles. The molecule has 106 valence electrons. The number of nitrogens with two attached hydrogens (primary N) is 1. The van der Waals surface area contributed by atoms with Crippen LogP contribution in [0, 0.1) is 5.82 Å². The maximum Gasteiger partial charge on any atom is 0.165 e. The lowest BCUT2D eigenvalue weighted by molar-refractivity contribution is 0.442. The summed E-state index contributed by atoms with van der Waals surface area (Å²) in [4.78, 5) is 0. The highest BCUT2D eigenvalue weighted by atomic mass is 79.9. The number of hydrogen-bond acceptors (Lipinski definition) is 2. The quantitative estimate of drug-likeness (QED) is 0.743. The minimum Gasteiger partial charge on any atom is -0.453 e. The van der Waals surface area contributed by atoms with Crippen molar-refractivity contribution in [3.8, 4) is 11.5 Å². The van der Waals surface area contributed by atoms with E-state index in [-0.39, 0.29) is 5.75 Å². The van der Waals surface area contributed by atoms with Crippen LogP contribution in [0.1, 0.15) is 5.56 Å². The SMILES string of the molecule is NCCc1ccc(Oc2cc(Cl)c(Br)cc2Cl)c(F)c1. The Hall–Kier alpha value is -0.810. The molecule has 0 aliphatic heterocycles. The zero-order chi connectivity index (χ0) is 14.7. The summed E-state index contributed by atoms with van der Waals surface area (Å²) in [7, 11) is 0. The highest BCUT2D eigenvalue weighted by molar-refractivity contribution is 9.10. The molecule has 0 unspecified atom stereocenters. The van der Waals surface area contributed by atoms with Crippen LogP contribution in [0.5, 0.6) is 11.5 Å². The van der Waals surface area contributed by atoms with Gasteiger partial charge >= 0.3 is 0 Å². The van der Waals surface area contributed by atoms with Gasteiger partial charge in [-0.05, 0) is 52.7 Å². The first-order chi connectivity index (χ1) is 9.51. The molecule has 2 nitrogen and oxygen atoms in total. The van der Waals surface area contributed by atoms with Crippen LogP contribution < -0.4 is 10.5 Å². The molecule has 0 amide bonds. The second-order valence-corrected chi connectivity index (χ2v) is 5.77. The van der Waals surface area contributed by atoms with E-state index in [0.29, 0.717) is 33.2 Å². The van der Waals surface area contributed by atoms with Crippen molar-refractivity contribution >= 4 is 39.1 Å². The van der Waals surface area contributed by atoms with Crippen molar-refractivity contribution in [3.63, 3.8) is 0 Å². The average molecular weight is 379 g/mol. The van der Waals surface area contributed by atoms with E-state index in [4.69, 9.17) is 33.7 Å². The second kappa shape index (κ2) is 6.76. The first kappa shape index (κ1) is 15.6. The lowest BCUT2D eigenvalue weighted by Crippen LogP contribution is -2.03. The minimum absolute atomic E-state index is 0.0889. The summed E-state index contributed by atoms with van der Waals surface area (Å²) in [6.07, 6.45) is 0.613. The van der Waals surface area contributed by atoms with Crippen LogP contribution in [0.3, 0.4) is 0 Å². The lowest BCUT2D eigenvalue weighted by Gasteiger charge is -2.10. The molecular weight excluding hydrogens is 368 g/mol. The molecule has 0 aliphatic carbocycles. The fourth-order valence-electron chi connectivity index (χ4n) is 1.65. The lowest BCUT2D eigenvalue weighted by atomic mass is 10.1. The summed E-state index contributed by atoms with van der Waals surface area (Å²) in [6, 6.07) is 7.84. The van der Waals surface area contributed by atoms with Crippen molar-refractivity contribution in [3.05, 3.63) is 56.2 Å². The Morgan fingerprint density at radius 3 is 2.50 bits per heavy atom. The Bertz CT molecular complexity index is 637. The van der Waals surface area contributed by atoms with Gasteiger partial charge in [-0.15, -0.1) is 0 Å². The largest absolute Gasteiger partial charge is 0.453 e. The molecular formula is C14H11BrCl2FNO. The molecule has 0 bridgehead atoms. The number of ether oxygens (including phenoxy) is 1. The van der Waals surface area contributed by atoms with Crippen molar-refractivity contribution in [1.82, 2.24) is 0 Å². The monoisotopic (exact) mass is 377 g/mol. The van der Waals surface area contributed by atoms with Gasteiger partial charge in [0.1, 0.15) is 5.75 Å². The molecule has 6 heteroatoms. The summed E-state index contributed by atoms with van der Waals surface area (Å²) in [5, 5.41) is 0.774. The third kappa shape index (κ3) is 3.64. The molecule has 0 radical (unpaired) electrons. The minimum atomic E-state index is -0.467. The topological polar surface area (TPSA) is 35.2 Å². The van der Waals surface area contributed by atoms with Crippen LogP contribution in [0.25, 0.3) is 0 Å². The Labute approximate surface area is 134 Å². The first-order valence-electron chi connectivity index (χ1n) is 5.82. The fraction of sp³-hybridized carbons (Fsp3) is 0.143. The molecule has 0 saturated heterocycles. The molecule has 2 aromatic carbocycles. The molecule has 0 aliphatic rings. The predicted molar refractivity (Wildman–Crippen MR) is 83.4 cm³/mol. The third-order valence-corrected chi connectivity index (χ3v) is 4.12. The third-order valence-electron chi connectivity index (χ3n) is 2.62. The Morgan fingerprint density at radius 2 is 1.85 bits per heavy atom. The zero-order valence-electron chi connectivity index (χ0n) is 10.3. The van der Waals surface area contributed by atoms with Crippen LogP contribution in [-0.2, 0) is 6.42 Å². The first-order valence-corrected chi connectivity index (χ1v) is 7.37. The fourth-order valence-corrected chi connectivity index (χ4v) is 2.48. The second-order valence-electron chi connectivity index (χ2n) is 4.10. The van der Waals surface area contributed by atoms with E-state index in [1.165, 1.54) is 12.1 Å². The Balaban J connectivity index is 2.28. The van der Waals surface area contributed by atoms with Gasteiger partial charge in [0.2, 0.25) is 0 Å². The van der Waals surface area contributed by atoms with Crippen molar-refractivity contribution < 1.29 is 9.13 Å². The number of halogens is 4. The van der Waals surface area contributed by atoms with Crippen molar-refractivity contribution in [2.45, 2.75) is 6.42 Å². The van der Waals surface area contributed by atoms with E-state index >= 15 is 0 Å². The van der Waals surface area contributed by atoms with Crippen molar-refractivity contribution in [2.24, 2.45) is 5.73 Å². The van der Waals surface area contributed by atoms with Gasteiger partial charge in [0, 0.05) is 10.5 Å². The number of hydrogen-bond donors (Lipinski definition) is 1. The molecule has 2 rings (SSSR count). The normalized spacial score (nSPS) is 10.7. The highest BCUT2D eigenvalue weighted by Crippen LogP contribution is 2.37. The maximum atomic E-state index is 13.9. The standard InChI is InChI=1S/C14H11BrCl2FNO/c15-9-6-11(17)14(7-10(9)16)20-13-2-1-8(3-4-19)5-12(13)18/h1-2,5-7H,3-4,19H2. The van der Waals surface area contributed by atoms with E-state index < -0.39 is 5.82 Å². The van der Waals surface area contributed by atoms with Crippen molar-refractivity contribution in [2.75, 3.05) is 6.54 Å². The Morgan fingerprint density at radius 1 is 1.10 bits per heavy atom. The number of benzene rings is 2. The van der Waals surface area contributed by atoms with Gasteiger partial charge in [0.15, 0.2) is 11.6 Å². The number of rotatable bonds is 4. The van der Waals surface area contributed by atoms with Gasteiger partial charge in [-0.25, -0.2) is 4.39 Å². The smallest absolute Gasteiger partial charge is 0.165 e. The summed E-state index contributed by atoms with van der Waals surface area (Å²) in [5.41, 5.74) is 6.25. The zero-order valence-corrected chi connectivity index (χ0v) is 13.4. The Kier molecular flexibility index (Phi) is 5.27. The van der Waals surface area contributed by atoms with Crippen molar-refractivity contribution in [1.29, 1.82) is 0 Å². The van der Waals surface area contributed by atoms with Gasteiger partial charge in [-0.1, -0.05) is 29.3 Å². The molecule has 0 spiro atoms. The summed E-state index contributed by atoms with van der Waals surface area (Å²) >= 11 is 15.2. The summed E-state index contributed by atoms with van der Waals surface area (Å²) in [6.45, 7) is 0.466. The van der Waals surface area contributed by atoms with E-state index in [9.17, 15) is 4.39 Å². The van der Waals surface area contributed by atoms with Gasteiger partial charge < -0.3 is 10.5 Å². The molecule has 0 atom stereocenters. The maximum absolute atomic E-state index is 13.9. The molecule has 0 fully saturated rings. The molecule has 0 saturated carbocycles. The van der Waals surface area contributed by atoms with Gasteiger partial charge in [-0.2, -0.15) is 0 Å². The van der Waals surface area contributed by atoms with Crippen LogP contribution in [0.4, 0.5) is 4.39 Å². The predicted octanol–water partition coefficient (Wildman–Crippen LogP) is 5.19. The van der Waals surface area contributed by atoms with E-state index in [1.54, 1.807) is 18.2 Å². The van der Waals surface area contributed by atoms with Gasteiger partial charge in [0.05, 0.1) is 10.0 Å². The molecule has 2 N–H and O–H groups in total. The molecule has 0 heterocycles. The van der Waals surface area contributed by atoms with Crippen LogP contribution in [-0.4, -0.2) is 6.54 Å². The highest BCUT2D eigenvalue weighted by Gasteiger charge is 2.11. The average Bonchev–Trinajstić information content (AvgIpc) is 2.39. The van der Waals surface area contributed by atoms with E-state index in [2.05, 4.69) is 15.9 Å².